The molecular weight excluding hydrogens is 514 g/mol. The number of amidine groups is 2. The lowest BCUT2D eigenvalue weighted by Gasteiger charge is -2.29. The molecule has 1 aliphatic carbocycles. The van der Waals surface area contributed by atoms with Crippen molar-refractivity contribution in [3.63, 3.8) is 0 Å². The Kier molecular flexibility index (Phi) is 5.87. The molecule has 0 radical (unpaired) electrons. The predicted octanol–water partition coefficient (Wildman–Crippen LogP) is 7.65. The molecule has 2 unspecified atom stereocenters. The largest absolute Gasteiger partial charge is 0.374 e. The van der Waals surface area contributed by atoms with Crippen molar-refractivity contribution >= 4 is 50.2 Å². The highest BCUT2D eigenvalue weighted by Crippen LogP contribution is 2.51. The Hall–Kier alpha value is -4.87. The zero-order valence-electron chi connectivity index (χ0n) is 21.7. The number of benzene rings is 4. The predicted molar refractivity (Wildman–Crippen MR) is 168 cm³/mol. The lowest BCUT2D eigenvalue weighted by Crippen LogP contribution is -2.32. The molecule has 5 aromatic rings. The molecule has 1 aromatic heterocycles. The number of nitrogens with zero attached hydrogens (tertiary/aromatic N) is 4. The molecule has 2 heterocycles. The van der Waals surface area contributed by atoms with Gasteiger partial charge in [-0.2, -0.15) is 4.99 Å². The summed E-state index contributed by atoms with van der Waals surface area (Å²) in [5.41, 5.74) is 12.3. The Bertz CT molecular complexity index is 1890. The van der Waals surface area contributed by atoms with Crippen molar-refractivity contribution in [3.8, 4) is 5.69 Å². The normalized spacial score (nSPS) is 18.4. The number of para-hydroxylation sites is 2. The maximum atomic E-state index is 6.05. The molecule has 0 saturated carbocycles. The van der Waals surface area contributed by atoms with Crippen LogP contribution >= 0.6 is 11.6 Å². The molecule has 194 valence electrons. The van der Waals surface area contributed by atoms with Gasteiger partial charge >= 0.3 is 0 Å². The van der Waals surface area contributed by atoms with Gasteiger partial charge in [0.2, 0.25) is 0 Å². The number of hydrogen-bond acceptors (Lipinski definition) is 2. The molecule has 7 rings (SSSR count). The van der Waals surface area contributed by atoms with Crippen LogP contribution in [-0.2, 0) is 0 Å². The molecule has 0 saturated heterocycles. The molecule has 0 fully saturated rings. The second-order valence-corrected chi connectivity index (χ2v) is 10.3. The van der Waals surface area contributed by atoms with Crippen LogP contribution in [0, 0.1) is 0 Å². The first-order chi connectivity index (χ1) is 19.6. The fourth-order valence-electron chi connectivity index (χ4n) is 6.02. The van der Waals surface area contributed by atoms with Crippen molar-refractivity contribution in [1.29, 1.82) is 0 Å². The third-order valence-electron chi connectivity index (χ3n) is 7.62. The molecule has 2 N–H and O–H groups in total. The van der Waals surface area contributed by atoms with Gasteiger partial charge in [-0.3, -0.25) is 0 Å². The van der Waals surface area contributed by atoms with Crippen molar-refractivity contribution in [2.45, 2.75) is 12.0 Å². The van der Waals surface area contributed by atoms with Gasteiger partial charge in [0.1, 0.15) is 5.82 Å². The summed E-state index contributed by atoms with van der Waals surface area (Å²) in [7, 11) is 0. The standard InChI is InChI=1S/C34H26ClN5/c1-22(37-33(38-34(35)36)23-12-4-2-5-13-23)39-29-18-10-8-16-25(29)27-20-21-28-26-17-9-11-19-30(26)40(32(28)31(27)39)24-14-6-3-7-15-24/h2-21,25,29H,1H2,(H2,36,37,38). The van der Waals surface area contributed by atoms with Crippen LogP contribution < -0.4 is 10.6 Å². The van der Waals surface area contributed by atoms with E-state index in [0.29, 0.717) is 11.7 Å². The van der Waals surface area contributed by atoms with Crippen molar-refractivity contribution in [2.24, 2.45) is 15.7 Å². The number of rotatable bonds is 4. The topological polar surface area (TPSA) is 58.9 Å². The number of halogens is 1. The van der Waals surface area contributed by atoms with Gasteiger partial charge in [-0.05, 0) is 35.4 Å². The Labute approximate surface area is 237 Å². The van der Waals surface area contributed by atoms with Crippen LogP contribution in [-0.4, -0.2) is 21.7 Å². The summed E-state index contributed by atoms with van der Waals surface area (Å²) in [6.45, 7) is 4.48. The number of allylic oxidation sites excluding steroid dienone is 2. The number of nitrogens with two attached hydrogens (primary N) is 1. The van der Waals surface area contributed by atoms with E-state index in [1.165, 1.54) is 16.3 Å². The van der Waals surface area contributed by atoms with Crippen molar-refractivity contribution in [2.75, 3.05) is 4.90 Å². The van der Waals surface area contributed by atoms with Crippen LogP contribution in [0.5, 0.6) is 0 Å². The maximum absolute atomic E-state index is 6.05. The van der Waals surface area contributed by atoms with Gasteiger partial charge in [-0.15, -0.1) is 0 Å². The van der Waals surface area contributed by atoms with E-state index in [1.807, 2.05) is 36.4 Å². The average molecular weight is 540 g/mol. The zero-order valence-corrected chi connectivity index (χ0v) is 22.4. The minimum atomic E-state index is -0.0813. The Morgan fingerprint density at radius 2 is 1.48 bits per heavy atom. The first kappa shape index (κ1) is 24.2. The van der Waals surface area contributed by atoms with E-state index in [-0.39, 0.29) is 17.3 Å². The molecule has 5 nitrogen and oxygen atoms in total. The Balaban J connectivity index is 1.52. The Morgan fingerprint density at radius 3 is 2.25 bits per heavy atom. The molecule has 1 aliphatic heterocycles. The molecule has 0 amide bonds. The van der Waals surface area contributed by atoms with E-state index in [9.17, 15) is 0 Å². The number of aromatic nitrogens is 1. The lowest BCUT2D eigenvalue weighted by atomic mass is 9.91. The van der Waals surface area contributed by atoms with Gasteiger partial charge in [0.25, 0.3) is 0 Å². The minimum absolute atomic E-state index is 0.0124. The van der Waals surface area contributed by atoms with Gasteiger partial charge < -0.3 is 15.2 Å². The van der Waals surface area contributed by atoms with Crippen molar-refractivity contribution in [1.82, 2.24) is 4.57 Å². The van der Waals surface area contributed by atoms with Crippen LogP contribution in [0.3, 0.4) is 0 Å². The van der Waals surface area contributed by atoms with E-state index in [4.69, 9.17) is 22.3 Å². The third-order valence-corrected chi connectivity index (χ3v) is 7.70. The molecule has 2 atom stereocenters. The average Bonchev–Trinajstić information content (AvgIpc) is 3.51. The number of anilines is 1. The van der Waals surface area contributed by atoms with E-state index in [1.54, 1.807) is 0 Å². The van der Waals surface area contributed by atoms with Gasteiger partial charge in [0.15, 0.2) is 11.1 Å². The van der Waals surface area contributed by atoms with E-state index in [2.05, 4.69) is 106 Å². The second kappa shape index (κ2) is 9.70. The fraction of sp³-hybridized carbons (Fsp3) is 0.0588. The molecule has 4 aromatic carbocycles. The summed E-state index contributed by atoms with van der Waals surface area (Å²) in [6, 6.07) is 33.3. The van der Waals surface area contributed by atoms with Crippen LogP contribution in [0.15, 0.2) is 144 Å². The summed E-state index contributed by atoms with van der Waals surface area (Å²) in [6.07, 6.45) is 8.68. The summed E-state index contributed by atoms with van der Waals surface area (Å²) in [5.74, 6) is 1.13. The van der Waals surface area contributed by atoms with E-state index in [0.717, 1.165) is 28.0 Å². The number of aliphatic imine (C=N–C) groups is 2. The summed E-state index contributed by atoms with van der Waals surface area (Å²) in [4.78, 5) is 11.6. The van der Waals surface area contributed by atoms with Gasteiger partial charge in [-0.25, -0.2) is 4.99 Å². The van der Waals surface area contributed by atoms with Gasteiger partial charge in [0.05, 0.1) is 22.8 Å². The van der Waals surface area contributed by atoms with Crippen LogP contribution in [0.25, 0.3) is 27.5 Å². The lowest BCUT2D eigenvalue weighted by molar-refractivity contribution is 0.720. The highest BCUT2D eigenvalue weighted by atomic mass is 35.5. The van der Waals surface area contributed by atoms with Crippen molar-refractivity contribution in [3.05, 3.63) is 145 Å². The van der Waals surface area contributed by atoms with E-state index >= 15 is 0 Å². The maximum Gasteiger partial charge on any atom is 0.195 e. The smallest absolute Gasteiger partial charge is 0.195 e. The second-order valence-electron chi connectivity index (χ2n) is 9.90. The SMILES string of the molecule is C=C(/N=C(\N=C(/N)Cl)c1ccccc1)N1c2c(ccc3c4ccccc4n(-c4ccccc4)c23)C2C=CC=CC21. The molecule has 0 spiro atoms. The molecule has 0 bridgehead atoms. The first-order valence-corrected chi connectivity index (χ1v) is 13.6. The molecule has 2 aliphatic rings. The van der Waals surface area contributed by atoms with E-state index < -0.39 is 0 Å². The van der Waals surface area contributed by atoms with Gasteiger partial charge in [-0.1, -0.05) is 110 Å². The van der Waals surface area contributed by atoms with Crippen LogP contribution in [0.2, 0.25) is 0 Å². The molecule has 40 heavy (non-hydrogen) atoms. The Morgan fingerprint density at radius 1 is 0.775 bits per heavy atom. The highest BCUT2D eigenvalue weighted by Gasteiger charge is 2.40. The third kappa shape index (κ3) is 3.86. The molecule has 6 heteroatoms. The van der Waals surface area contributed by atoms with Crippen LogP contribution in [0.1, 0.15) is 17.0 Å². The number of hydrogen-bond donors (Lipinski definition) is 1. The summed E-state index contributed by atoms with van der Waals surface area (Å²) < 4.78 is 2.35. The summed E-state index contributed by atoms with van der Waals surface area (Å²) in [5, 5.41) is 2.30. The van der Waals surface area contributed by atoms with Crippen LogP contribution in [0.4, 0.5) is 5.69 Å². The highest BCUT2D eigenvalue weighted by molar-refractivity contribution is 6.65. The number of fused-ring (bicyclic) bond motifs is 7. The zero-order chi connectivity index (χ0) is 27.2. The fourth-order valence-corrected chi connectivity index (χ4v) is 6.10. The van der Waals surface area contributed by atoms with Crippen molar-refractivity contribution < 1.29 is 0 Å². The first-order valence-electron chi connectivity index (χ1n) is 13.2. The van der Waals surface area contributed by atoms with Gasteiger partial charge in [0, 0.05) is 27.9 Å². The minimum Gasteiger partial charge on any atom is -0.374 e. The monoisotopic (exact) mass is 539 g/mol. The molecular formula is C34H26ClN5. The summed E-state index contributed by atoms with van der Waals surface area (Å²) >= 11 is 6.05. The quantitative estimate of drug-likeness (QED) is 0.145.